The average molecular weight is 1300 g/mol. The van der Waals surface area contributed by atoms with Crippen LogP contribution in [0.1, 0.15) is 296 Å². The molecule has 19 heteroatoms. The van der Waals surface area contributed by atoms with Crippen molar-refractivity contribution in [2.45, 2.75) is 401 Å². The van der Waals surface area contributed by atoms with E-state index in [-0.39, 0.29) is 18.9 Å². The van der Waals surface area contributed by atoms with Gasteiger partial charge in [0.15, 0.2) is 18.9 Å². The number of hydrogen-bond acceptors (Lipinski definition) is 18. The SMILES string of the molecule is CCCCCCCCCC/C=C\CCCCCCCCCCCC(=O)NC(COC1OC(CO)C(OC2OC(CO)C(OC3OC(CO)C(O)C(O)C3O)C(O)C2O)C(O)C1O)C(O)/C=C/CCCCCCCCCCCCCCCCCCCCCCCCC. The molecule has 17 unspecified atom stereocenters. The van der Waals surface area contributed by atoms with Crippen LogP contribution >= 0.6 is 0 Å². The first-order chi connectivity index (χ1) is 44.3. The van der Waals surface area contributed by atoms with E-state index in [1.54, 1.807) is 6.08 Å². The second kappa shape index (κ2) is 54.3. The number of aliphatic hydroxyl groups excluding tert-OH is 11. The lowest BCUT2D eigenvalue weighted by Gasteiger charge is -2.48. The third-order valence-corrected chi connectivity index (χ3v) is 18.7. The quantitative estimate of drug-likeness (QED) is 0.0199. The minimum Gasteiger partial charge on any atom is -0.394 e. The molecule has 3 fully saturated rings. The van der Waals surface area contributed by atoms with Gasteiger partial charge < -0.3 is 89.9 Å². The molecule has 3 aliphatic heterocycles. The molecule has 0 aromatic rings. The average Bonchev–Trinajstić information content (AvgIpc) is 0.883. The van der Waals surface area contributed by atoms with E-state index in [4.69, 9.17) is 28.4 Å². The summed E-state index contributed by atoms with van der Waals surface area (Å²) in [6.07, 6.45) is 35.8. The number of nitrogens with one attached hydrogen (secondary N) is 1. The highest BCUT2D eigenvalue weighted by atomic mass is 16.8. The molecule has 0 aliphatic carbocycles. The molecule has 3 aliphatic rings. The first-order valence-corrected chi connectivity index (χ1v) is 37.1. The van der Waals surface area contributed by atoms with Crippen molar-refractivity contribution in [1.82, 2.24) is 5.32 Å². The number of carbonyl (C=O) groups is 1. The van der Waals surface area contributed by atoms with Gasteiger partial charge in [-0.2, -0.15) is 0 Å². The van der Waals surface area contributed by atoms with Crippen molar-refractivity contribution in [3.05, 3.63) is 24.3 Å². The molecule has 17 atom stereocenters. The van der Waals surface area contributed by atoms with Crippen molar-refractivity contribution < 1.29 is 89.4 Å². The number of hydrogen-bond donors (Lipinski definition) is 12. The first-order valence-electron chi connectivity index (χ1n) is 37.1. The topological polar surface area (TPSA) is 307 Å². The Kier molecular flexibility index (Phi) is 49.8. The molecule has 1 amide bonds. The highest BCUT2D eigenvalue weighted by Gasteiger charge is 2.53. The van der Waals surface area contributed by atoms with Crippen LogP contribution < -0.4 is 5.32 Å². The van der Waals surface area contributed by atoms with Gasteiger partial charge in [0.05, 0.1) is 38.6 Å². The maximum Gasteiger partial charge on any atom is 0.220 e. The van der Waals surface area contributed by atoms with Crippen LogP contribution in [0.4, 0.5) is 0 Å². The van der Waals surface area contributed by atoms with Crippen LogP contribution in [0.5, 0.6) is 0 Å². The number of aliphatic hydroxyl groups is 11. The Bertz CT molecular complexity index is 1750. The number of carbonyl (C=O) groups excluding carboxylic acids is 1. The molecular formula is C72H135NO18. The fourth-order valence-electron chi connectivity index (χ4n) is 12.7. The molecule has 19 nitrogen and oxygen atoms in total. The Balaban J connectivity index is 1.42. The van der Waals surface area contributed by atoms with Gasteiger partial charge in [0.25, 0.3) is 0 Å². The van der Waals surface area contributed by atoms with Gasteiger partial charge in [0, 0.05) is 6.42 Å². The molecule has 3 heterocycles. The number of ether oxygens (including phenoxy) is 6. The van der Waals surface area contributed by atoms with Crippen molar-refractivity contribution in [2.24, 2.45) is 0 Å². The molecule has 0 bridgehead atoms. The van der Waals surface area contributed by atoms with Crippen LogP contribution in [0.2, 0.25) is 0 Å². The monoisotopic (exact) mass is 1300 g/mol. The molecule has 0 saturated carbocycles. The zero-order chi connectivity index (χ0) is 66.1. The summed E-state index contributed by atoms with van der Waals surface area (Å²) < 4.78 is 34.4. The Morgan fingerprint density at radius 1 is 0.385 bits per heavy atom. The summed E-state index contributed by atoms with van der Waals surface area (Å²) >= 11 is 0. The van der Waals surface area contributed by atoms with Gasteiger partial charge in [-0.3, -0.25) is 4.79 Å². The van der Waals surface area contributed by atoms with Crippen molar-refractivity contribution in [1.29, 1.82) is 0 Å². The number of rotatable bonds is 58. The third kappa shape index (κ3) is 35.9. The molecule has 0 radical (unpaired) electrons. The van der Waals surface area contributed by atoms with Crippen molar-refractivity contribution >= 4 is 5.91 Å². The standard InChI is InChI=1S/C72H135NO18/c1-3-5-7-9-11-13-15-17-19-21-23-25-26-27-28-30-31-33-35-37-39-41-43-45-47-49-56(77)55(73-60(78)50-48-46-44-42-40-38-36-34-32-29-24-22-20-18-16-14-12-10-8-6-4-2)54-86-70-66(84)63(81)68(58(52-75)88-70)91-72-67(85)64(82)69(59(53-76)89-72)90-71-65(83)62(80)61(79)57(51-74)87-71/h22,24,47,49,55-59,61-72,74-77,79-85H,3-21,23,25-46,48,50-54H2,1-2H3,(H,73,78)/b24-22-,49-47+. The zero-order valence-electron chi connectivity index (χ0n) is 56.8. The minimum absolute atomic E-state index is 0.243. The Labute approximate surface area is 549 Å². The van der Waals surface area contributed by atoms with E-state index in [9.17, 15) is 61.0 Å². The van der Waals surface area contributed by atoms with E-state index in [1.807, 2.05) is 6.08 Å². The summed E-state index contributed by atoms with van der Waals surface area (Å²) in [5.41, 5.74) is 0. The summed E-state index contributed by atoms with van der Waals surface area (Å²) in [5, 5.41) is 121. The fraction of sp³-hybridized carbons (Fsp3) is 0.931. The number of unbranched alkanes of at least 4 members (excludes halogenated alkanes) is 40. The van der Waals surface area contributed by atoms with Gasteiger partial charge >= 0.3 is 0 Å². The molecule has 536 valence electrons. The lowest BCUT2D eigenvalue weighted by molar-refractivity contribution is -0.379. The van der Waals surface area contributed by atoms with Gasteiger partial charge in [0.2, 0.25) is 5.91 Å². The fourth-order valence-corrected chi connectivity index (χ4v) is 12.7. The number of amides is 1. The van der Waals surface area contributed by atoms with E-state index in [2.05, 4.69) is 31.3 Å². The minimum atomic E-state index is -1.98. The van der Waals surface area contributed by atoms with Crippen LogP contribution in [0.25, 0.3) is 0 Å². The highest BCUT2D eigenvalue weighted by molar-refractivity contribution is 5.76. The largest absolute Gasteiger partial charge is 0.394 e. The molecule has 0 aromatic heterocycles. The molecule has 0 aromatic carbocycles. The van der Waals surface area contributed by atoms with Crippen molar-refractivity contribution in [3.63, 3.8) is 0 Å². The third-order valence-electron chi connectivity index (χ3n) is 18.7. The summed E-state index contributed by atoms with van der Waals surface area (Å²) in [6, 6.07) is -0.973. The summed E-state index contributed by atoms with van der Waals surface area (Å²) in [5.74, 6) is -0.273. The van der Waals surface area contributed by atoms with E-state index >= 15 is 0 Å². The van der Waals surface area contributed by atoms with Crippen molar-refractivity contribution in [2.75, 3.05) is 26.4 Å². The predicted molar refractivity (Wildman–Crippen MR) is 356 cm³/mol. The summed E-state index contributed by atoms with van der Waals surface area (Å²) in [7, 11) is 0. The van der Waals surface area contributed by atoms with Crippen LogP contribution in [0.15, 0.2) is 24.3 Å². The highest BCUT2D eigenvalue weighted by Crippen LogP contribution is 2.33. The second-order valence-electron chi connectivity index (χ2n) is 26.8. The van der Waals surface area contributed by atoms with Crippen LogP contribution in [-0.2, 0) is 33.2 Å². The normalized spacial score (nSPS) is 27.9. The maximum atomic E-state index is 13.4. The number of allylic oxidation sites excluding steroid dienone is 3. The Morgan fingerprint density at radius 3 is 1.07 bits per heavy atom. The smallest absolute Gasteiger partial charge is 0.220 e. The summed E-state index contributed by atoms with van der Waals surface area (Å²) in [6.45, 7) is 1.77. The van der Waals surface area contributed by atoms with E-state index in [0.717, 1.165) is 51.4 Å². The van der Waals surface area contributed by atoms with Gasteiger partial charge in [-0.1, -0.05) is 269 Å². The lowest BCUT2D eigenvalue weighted by atomic mass is 9.96. The molecule has 3 saturated heterocycles. The van der Waals surface area contributed by atoms with E-state index in [0.29, 0.717) is 6.42 Å². The van der Waals surface area contributed by atoms with Crippen molar-refractivity contribution in [3.8, 4) is 0 Å². The van der Waals surface area contributed by atoms with Crippen LogP contribution in [0, 0.1) is 0 Å². The predicted octanol–water partition coefficient (Wildman–Crippen LogP) is 10.6. The second-order valence-corrected chi connectivity index (χ2v) is 26.8. The van der Waals surface area contributed by atoms with Gasteiger partial charge in [-0.05, 0) is 44.9 Å². The van der Waals surface area contributed by atoms with Gasteiger partial charge in [-0.15, -0.1) is 0 Å². The van der Waals surface area contributed by atoms with E-state index < -0.39 is 124 Å². The van der Waals surface area contributed by atoms with E-state index in [1.165, 1.54) is 218 Å². The molecular weight excluding hydrogens is 1170 g/mol. The Hall–Kier alpha value is -1.73. The molecule has 3 rings (SSSR count). The first kappa shape index (κ1) is 83.5. The molecule has 0 spiro atoms. The molecule has 12 N–H and O–H groups in total. The van der Waals surface area contributed by atoms with Gasteiger partial charge in [0.1, 0.15) is 73.2 Å². The van der Waals surface area contributed by atoms with Crippen LogP contribution in [-0.4, -0.2) is 193 Å². The maximum absolute atomic E-state index is 13.4. The lowest BCUT2D eigenvalue weighted by Crippen LogP contribution is -2.66. The zero-order valence-corrected chi connectivity index (χ0v) is 56.8. The summed E-state index contributed by atoms with van der Waals surface area (Å²) in [4.78, 5) is 13.4. The Morgan fingerprint density at radius 2 is 0.692 bits per heavy atom. The van der Waals surface area contributed by atoms with Gasteiger partial charge in [-0.25, -0.2) is 0 Å². The molecule has 91 heavy (non-hydrogen) atoms. The van der Waals surface area contributed by atoms with Crippen LogP contribution in [0.3, 0.4) is 0 Å².